The van der Waals surface area contributed by atoms with Crippen molar-refractivity contribution in [1.82, 2.24) is 4.98 Å². The van der Waals surface area contributed by atoms with Gasteiger partial charge in [0.05, 0.1) is 17.4 Å². The Bertz CT molecular complexity index is 812. The zero-order chi connectivity index (χ0) is 19.2. The van der Waals surface area contributed by atoms with Crippen LogP contribution in [0.5, 0.6) is 11.5 Å². The molecule has 2 aliphatic rings. The van der Waals surface area contributed by atoms with Gasteiger partial charge in [0.2, 0.25) is 0 Å². The monoisotopic (exact) mass is 379 g/mol. The van der Waals surface area contributed by atoms with Gasteiger partial charge in [-0.05, 0) is 43.2 Å². The molecule has 1 saturated heterocycles. The van der Waals surface area contributed by atoms with Crippen molar-refractivity contribution in [2.45, 2.75) is 25.1 Å². The van der Waals surface area contributed by atoms with Gasteiger partial charge in [0, 0.05) is 24.9 Å². The second-order valence-electron chi connectivity index (χ2n) is 7.21. The predicted octanol–water partition coefficient (Wildman–Crippen LogP) is 3.68. The Balaban J connectivity index is 1.48. The normalized spacial score (nSPS) is 24.9. The maximum Gasteiger partial charge on any atom is 0.416 e. The number of hydrogen-bond acceptors (Lipinski definition) is 5. The van der Waals surface area contributed by atoms with Crippen molar-refractivity contribution in [2.24, 2.45) is 11.8 Å². The van der Waals surface area contributed by atoms with Crippen LogP contribution in [0.2, 0.25) is 0 Å². The first kappa shape index (κ1) is 17.8. The van der Waals surface area contributed by atoms with Crippen LogP contribution in [0.15, 0.2) is 36.5 Å². The minimum atomic E-state index is -4.49. The number of nitrogens with two attached hydrogens (primary N) is 1. The SMILES string of the molecule is Nc1ccc(N2C[C@H]3CC[C@@H](C2)C3Oc2ccc(C(F)(F)F)cc2O)nc1. The van der Waals surface area contributed by atoms with E-state index in [4.69, 9.17) is 10.5 Å². The van der Waals surface area contributed by atoms with E-state index in [2.05, 4.69) is 9.88 Å². The van der Waals surface area contributed by atoms with Crippen LogP contribution in [0.4, 0.5) is 24.7 Å². The van der Waals surface area contributed by atoms with Gasteiger partial charge >= 0.3 is 6.18 Å². The van der Waals surface area contributed by atoms with E-state index in [-0.39, 0.29) is 23.7 Å². The highest BCUT2D eigenvalue weighted by molar-refractivity contribution is 5.47. The van der Waals surface area contributed by atoms with E-state index in [1.54, 1.807) is 6.20 Å². The van der Waals surface area contributed by atoms with Crippen LogP contribution >= 0.6 is 0 Å². The smallest absolute Gasteiger partial charge is 0.416 e. The molecule has 1 aliphatic carbocycles. The first-order chi connectivity index (χ1) is 12.8. The Kier molecular flexibility index (Phi) is 4.28. The van der Waals surface area contributed by atoms with Crippen LogP contribution in [-0.2, 0) is 6.18 Å². The molecule has 3 N–H and O–H groups in total. The molecule has 2 bridgehead atoms. The molecule has 1 aliphatic heterocycles. The third-order valence-electron chi connectivity index (χ3n) is 5.39. The average Bonchev–Trinajstić information content (AvgIpc) is 2.84. The standard InChI is InChI=1S/C19H20F3N3O2/c20-19(21,22)13-3-5-16(15(26)7-13)27-18-11-1-2-12(18)10-25(9-11)17-6-4-14(23)8-24-17/h3-8,11-12,18,26H,1-2,9-10,23H2/t11-,12+,18?. The number of phenols is 1. The molecule has 2 aromatic rings. The van der Waals surface area contributed by atoms with Crippen LogP contribution in [0, 0.1) is 11.8 Å². The summed E-state index contributed by atoms with van der Waals surface area (Å²) in [6.07, 6.45) is -1.05. The lowest BCUT2D eigenvalue weighted by Crippen LogP contribution is -2.47. The molecular formula is C19H20F3N3O2. The fourth-order valence-electron chi connectivity index (χ4n) is 4.08. The number of pyridine rings is 1. The number of aromatic hydroxyl groups is 1. The number of nitrogen functional groups attached to an aromatic ring is 1. The highest BCUT2D eigenvalue weighted by Crippen LogP contribution is 2.43. The Hall–Kier alpha value is -2.64. The molecule has 3 atom stereocenters. The first-order valence-electron chi connectivity index (χ1n) is 8.84. The lowest BCUT2D eigenvalue weighted by Gasteiger charge is -2.38. The number of piperidine rings is 1. The molecule has 2 heterocycles. The molecule has 8 heteroatoms. The fourth-order valence-corrected chi connectivity index (χ4v) is 4.08. The van der Waals surface area contributed by atoms with E-state index in [0.717, 1.165) is 37.8 Å². The number of benzene rings is 1. The second kappa shape index (κ2) is 6.51. The molecule has 1 saturated carbocycles. The molecule has 2 fully saturated rings. The molecule has 5 nitrogen and oxygen atoms in total. The summed E-state index contributed by atoms with van der Waals surface area (Å²) in [6, 6.07) is 6.55. The van der Waals surface area contributed by atoms with Crippen LogP contribution in [-0.4, -0.2) is 29.3 Å². The Morgan fingerprint density at radius 3 is 2.37 bits per heavy atom. The van der Waals surface area contributed by atoms with Gasteiger partial charge in [-0.2, -0.15) is 13.2 Å². The minimum Gasteiger partial charge on any atom is -0.504 e. The van der Waals surface area contributed by atoms with Gasteiger partial charge < -0.3 is 20.5 Å². The van der Waals surface area contributed by atoms with Crippen molar-refractivity contribution in [3.63, 3.8) is 0 Å². The molecule has 0 radical (unpaired) electrons. The molecule has 27 heavy (non-hydrogen) atoms. The third kappa shape index (κ3) is 3.48. The summed E-state index contributed by atoms with van der Waals surface area (Å²) in [4.78, 5) is 6.56. The summed E-state index contributed by atoms with van der Waals surface area (Å²) in [5, 5.41) is 9.98. The van der Waals surface area contributed by atoms with Crippen molar-refractivity contribution in [3.05, 3.63) is 42.1 Å². The summed E-state index contributed by atoms with van der Waals surface area (Å²) in [7, 11) is 0. The number of halogens is 3. The number of hydrogen-bond donors (Lipinski definition) is 2. The van der Waals surface area contributed by atoms with Crippen LogP contribution in [0.1, 0.15) is 18.4 Å². The van der Waals surface area contributed by atoms with Gasteiger partial charge in [-0.1, -0.05) is 0 Å². The quantitative estimate of drug-likeness (QED) is 0.851. The van der Waals surface area contributed by atoms with Gasteiger partial charge in [0.1, 0.15) is 11.9 Å². The number of ether oxygens (including phenoxy) is 1. The maximum atomic E-state index is 12.8. The van der Waals surface area contributed by atoms with E-state index in [1.165, 1.54) is 6.07 Å². The number of alkyl halides is 3. The topological polar surface area (TPSA) is 71.6 Å². The van der Waals surface area contributed by atoms with E-state index in [0.29, 0.717) is 11.8 Å². The average molecular weight is 379 g/mol. The van der Waals surface area contributed by atoms with Crippen molar-refractivity contribution >= 4 is 11.5 Å². The van der Waals surface area contributed by atoms with Crippen molar-refractivity contribution in [2.75, 3.05) is 23.7 Å². The zero-order valence-electron chi connectivity index (χ0n) is 14.5. The number of aromatic nitrogens is 1. The lowest BCUT2D eigenvalue weighted by atomic mass is 9.94. The Morgan fingerprint density at radius 1 is 1.11 bits per heavy atom. The van der Waals surface area contributed by atoms with Crippen molar-refractivity contribution in [1.29, 1.82) is 0 Å². The Morgan fingerprint density at radius 2 is 1.81 bits per heavy atom. The van der Waals surface area contributed by atoms with E-state index >= 15 is 0 Å². The van der Waals surface area contributed by atoms with Gasteiger partial charge in [-0.25, -0.2) is 4.98 Å². The van der Waals surface area contributed by atoms with Crippen LogP contribution in [0.25, 0.3) is 0 Å². The summed E-state index contributed by atoms with van der Waals surface area (Å²) in [5.74, 6) is 0.933. The Labute approximate surface area is 154 Å². The zero-order valence-corrected chi connectivity index (χ0v) is 14.5. The van der Waals surface area contributed by atoms with Gasteiger partial charge in [0.15, 0.2) is 11.5 Å². The van der Waals surface area contributed by atoms with Crippen LogP contribution < -0.4 is 15.4 Å². The molecule has 0 amide bonds. The second-order valence-corrected chi connectivity index (χ2v) is 7.21. The molecule has 1 aromatic heterocycles. The number of fused-ring (bicyclic) bond motifs is 2. The first-order valence-corrected chi connectivity index (χ1v) is 8.84. The molecule has 1 aromatic carbocycles. The fraction of sp³-hybridized carbons (Fsp3) is 0.421. The van der Waals surface area contributed by atoms with Gasteiger partial charge in [0.25, 0.3) is 0 Å². The highest BCUT2D eigenvalue weighted by Gasteiger charge is 2.44. The summed E-state index contributed by atoms with van der Waals surface area (Å²) in [6.45, 7) is 1.50. The molecular weight excluding hydrogens is 359 g/mol. The molecule has 1 unspecified atom stereocenters. The molecule has 4 rings (SSSR count). The largest absolute Gasteiger partial charge is 0.504 e. The summed E-state index contributed by atoms with van der Waals surface area (Å²) in [5.41, 5.74) is 5.41. The molecule has 0 spiro atoms. The summed E-state index contributed by atoms with van der Waals surface area (Å²) >= 11 is 0. The predicted molar refractivity (Wildman–Crippen MR) is 94.6 cm³/mol. The van der Waals surface area contributed by atoms with E-state index < -0.39 is 17.5 Å². The number of phenolic OH excluding ortho intramolecular Hbond substituents is 1. The number of nitrogens with zero attached hydrogens (tertiary/aromatic N) is 2. The number of rotatable bonds is 3. The minimum absolute atomic E-state index is 0.101. The lowest BCUT2D eigenvalue weighted by molar-refractivity contribution is -0.137. The van der Waals surface area contributed by atoms with Crippen LogP contribution in [0.3, 0.4) is 0 Å². The van der Waals surface area contributed by atoms with E-state index in [1.807, 2.05) is 12.1 Å². The van der Waals surface area contributed by atoms with Crippen molar-refractivity contribution in [3.8, 4) is 11.5 Å². The van der Waals surface area contributed by atoms with Gasteiger partial charge in [-0.15, -0.1) is 0 Å². The highest BCUT2D eigenvalue weighted by atomic mass is 19.4. The number of anilines is 2. The van der Waals surface area contributed by atoms with Crippen molar-refractivity contribution < 1.29 is 23.0 Å². The van der Waals surface area contributed by atoms with E-state index in [9.17, 15) is 18.3 Å². The molecule has 144 valence electrons. The van der Waals surface area contributed by atoms with Gasteiger partial charge in [-0.3, -0.25) is 0 Å². The third-order valence-corrected chi connectivity index (χ3v) is 5.39. The summed E-state index contributed by atoms with van der Waals surface area (Å²) < 4.78 is 44.2. The maximum absolute atomic E-state index is 12.8.